The van der Waals surface area contributed by atoms with Gasteiger partial charge in [0.25, 0.3) is 0 Å². The van der Waals surface area contributed by atoms with Gasteiger partial charge in [-0.3, -0.25) is 9.97 Å². The highest BCUT2D eigenvalue weighted by Crippen LogP contribution is 2.22. The first-order valence-corrected chi connectivity index (χ1v) is 4.76. The molecule has 0 aliphatic rings. The monoisotopic (exact) mass is 195 g/mol. The fraction of sp³-hybridized carbons (Fsp3) is 0. The first-order chi connectivity index (χ1) is 7.43. The summed E-state index contributed by atoms with van der Waals surface area (Å²) in [5.74, 6) is 0. The van der Waals surface area contributed by atoms with Crippen LogP contribution in [0.4, 0.5) is 0 Å². The van der Waals surface area contributed by atoms with Crippen LogP contribution in [0.1, 0.15) is 0 Å². The summed E-state index contributed by atoms with van der Waals surface area (Å²) in [6.45, 7) is 0. The number of hydrogen-bond donors (Lipinski definition) is 1. The number of H-pyrrole nitrogens is 1. The largest absolute Gasteiger partial charge is 0.353 e. The van der Waals surface area contributed by atoms with Gasteiger partial charge in [0.1, 0.15) is 0 Å². The number of nitrogens with zero attached hydrogens (tertiary/aromatic N) is 2. The zero-order valence-electron chi connectivity index (χ0n) is 8.01. The Morgan fingerprint density at radius 1 is 0.933 bits per heavy atom. The molecule has 1 N–H and O–H groups in total. The van der Waals surface area contributed by atoms with Crippen molar-refractivity contribution >= 4 is 10.9 Å². The Morgan fingerprint density at radius 3 is 2.53 bits per heavy atom. The molecule has 0 bridgehead atoms. The van der Waals surface area contributed by atoms with Gasteiger partial charge in [-0.15, -0.1) is 0 Å². The normalized spacial score (nSPS) is 10.7. The van der Waals surface area contributed by atoms with Crippen LogP contribution in [0, 0.1) is 0 Å². The fourth-order valence-corrected chi connectivity index (χ4v) is 1.66. The Morgan fingerprint density at radius 2 is 1.73 bits per heavy atom. The van der Waals surface area contributed by atoms with Crippen LogP contribution < -0.4 is 0 Å². The van der Waals surface area contributed by atoms with Crippen LogP contribution in [0.25, 0.3) is 22.2 Å². The van der Waals surface area contributed by atoms with Crippen molar-refractivity contribution in [1.29, 1.82) is 0 Å². The average molecular weight is 195 g/mol. The van der Waals surface area contributed by atoms with E-state index in [-0.39, 0.29) is 0 Å². The van der Waals surface area contributed by atoms with Crippen LogP contribution in [0.5, 0.6) is 0 Å². The molecule has 0 radical (unpaired) electrons. The van der Waals surface area contributed by atoms with Gasteiger partial charge >= 0.3 is 0 Å². The van der Waals surface area contributed by atoms with Gasteiger partial charge in [0.15, 0.2) is 0 Å². The topological polar surface area (TPSA) is 41.6 Å². The Kier molecular flexibility index (Phi) is 1.75. The van der Waals surface area contributed by atoms with Crippen molar-refractivity contribution in [3.63, 3.8) is 0 Å². The van der Waals surface area contributed by atoms with Gasteiger partial charge in [-0.2, -0.15) is 0 Å². The maximum Gasteiger partial charge on any atom is 0.0645 e. The predicted molar refractivity (Wildman–Crippen MR) is 59.3 cm³/mol. The minimum absolute atomic E-state index is 1.06. The van der Waals surface area contributed by atoms with Crippen molar-refractivity contribution in [2.24, 2.45) is 0 Å². The Hall–Kier alpha value is -2.16. The van der Waals surface area contributed by atoms with E-state index in [1.807, 2.05) is 24.4 Å². The third-order valence-corrected chi connectivity index (χ3v) is 2.42. The summed E-state index contributed by atoms with van der Waals surface area (Å²) >= 11 is 0. The van der Waals surface area contributed by atoms with E-state index in [2.05, 4.69) is 21.0 Å². The lowest BCUT2D eigenvalue weighted by Crippen LogP contribution is -1.76. The lowest BCUT2D eigenvalue weighted by molar-refractivity contribution is 1.31. The van der Waals surface area contributed by atoms with Crippen LogP contribution in [0.15, 0.2) is 49.1 Å². The van der Waals surface area contributed by atoms with Crippen molar-refractivity contribution < 1.29 is 0 Å². The van der Waals surface area contributed by atoms with Crippen LogP contribution in [0.3, 0.4) is 0 Å². The molecular weight excluding hydrogens is 186 g/mol. The number of aromatic nitrogens is 3. The fourth-order valence-electron chi connectivity index (χ4n) is 1.66. The molecule has 0 unspecified atom stereocenters. The number of fused-ring (bicyclic) bond motifs is 1. The van der Waals surface area contributed by atoms with E-state index in [9.17, 15) is 0 Å². The molecule has 3 rings (SSSR count). The highest BCUT2D eigenvalue weighted by Gasteiger charge is 2.01. The molecule has 0 saturated heterocycles. The van der Waals surface area contributed by atoms with Gasteiger partial charge in [0, 0.05) is 35.2 Å². The quantitative estimate of drug-likeness (QED) is 0.648. The molecule has 3 heterocycles. The minimum Gasteiger partial charge on any atom is -0.353 e. The van der Waals surface area contributed by atoms with E-state index in [1.54, 1.807) is 18.6 Å². The molecule has 0 aliphatic carbocycles. The molecule has 3 aromatic heterocycles. The number of rotatable bonds is 1. The Bertz CT molecular complexity index is 551. The van der Waals surface area contributed by atoms with Crippen LogP contribution in [0.2, 0.25) is 0 Å². The summed E-state index contributed by atoms with van der Waals surface area (Å²) in [4.78, 5) is 11.4. The molecular formula is C12H9N3. The lowest BCUT2D eigenvalue weighted by atomic mass is 10.2. The van der Waals surface area contributed by atoms with Crippen molar-refractivity contribution in [3.05, 3.63) is 49.1 Å². The second-order valence-corrected chi connectivity index (χ2v) is 3.38. The summed E-state index contributed by atoms with van der Waals surface area (Å²) in [6.07, 6.45) is 7.21. The van der Waals surface area contributed by atoms with E-state index in [1.165, 1.54) is 5.39 Å². The SMILES string of the molecule is c1cc(-c2cc3ccncc3[nH]2)ccn1. The number of hydrogen-bond acceptors (Lipinski definition) is 2. The van der Waals surface area contributed by atoms with Crippen molar-refractivity contribution in [2.45, 2.75) is 0 Å². The molecule has 0 saturated carbocycles. The molecule has 72 valence electrons. The first kappa shape index (κ1) is 8.17. The lowest BCUT2D eigenvalue weighted by Gasteiger charge is -1.94. The van der Waals surface area contributed by atoms with Gasteiger partial charge < -0.3 is 4.98 Å². The zero-order valence-corrected chi connectivity index (χ0v) is 8.01. The van der Waals surface area contributed by atoms with Crippen LogP contribution in [-0.4, -0.2) is 15.0 Å². The van der Waals surface area contributed by atoms with Gasteiger partial charge in [0.05, 0.1) is 11.7 Å². The van der Waals surface area contributed by atoms with Crippen LogP contribution in [-0.2, 0) is 0 Å². The van der Waals surface area contributed by atoms with Crippen molar-refractivity contribution in [1.82, 2.24) is 15.0 Å². The summed E-state index contributed by atoms with van der Waals surface area (Å²) in [5, 5.41) is 1.18. The molecule has 15 heavy (non-hydrogen) atoms. The summed E-state index contributed by atoms with van der Waals surface area (Å²) in [5.41, 5.74) is 3.30. The van der Waals surface area contributed by atoms with Crippen molar-refractivity contribution in [2.75, 3.05) is 0 Å². The zero-order chi connectivity index (χ0) is 10.1. The third-order valence-electron chi connectivity index (χ3n) is 2.42. The maximum absolute atomic E-state index is 4.08. The number of pyridine rings is 2. The Labute approximate surface area is 86.8 Å². The first-order valence-electron chi connectivity index (χ1n) is 4.76. The highest BCUT2D eigenvalue weighted by atomic mass is 14.7. The summed E-state index contributed by atoms with van der Waals surface area (Å²) in [6, 6.07) is 8.08. The number of nitrogens with one attached hydrogen (secondary N) is 1. The van der Waals surface area contributed by atoms with E-state index in [0.717, 1.165) is 16.8 Å². The van der Waals surface area contributed by atoms with Gasteiger partial charge in [-0.25, -0.2) is 0 Å². The molecule has 3 heteroatoms. The summed E-state index contributed by atoms with van der Waals surface area (Å²) < 4.78 is 0. The van der Waals surface area contributed by atoms with Gasteiger partial charge in [-0.1, -0.05) is 0 Å². The van der Waals surface area contributed by atoms with E-state index >= 15 is 0 Å². The minimum atomic E-state index is 1.06. The molecule has 0 spiro atoms. The second kappa shape index (κ2) is 3.20. The number of aromatic amines is 1. The van der Waals surface area contributed by atoms with Gasteiger partial charge in [0.2, 0.25) is 0 Å². The molecule has 0 amide bonds. The van der Waals surface area contributed by atoms with Gasteiger partial charge in [-0.05, 0) is 24.3 Å². The molecule has 0 aliphatic heterocycles. The standard InChI is InChI=1S/C12H9N3/c1-4-13-5-2-9(1)11-7-10-3-6-14-8-12(10)15-11/h1-8,15H. The Balaban J connectivity index is 2.21. The molecule has 0 atom stereocenters. The van der Waals surface area contributed by atoms with Crippen LogP contribution >= 0.6 is 0 Å². The van der Waals surface area contributed by atoms with E-state index in [0.29, 0.717) is 0 Å². The highest BCUT2D eigenvalue weighted by molar-refractivity contribution is 5.84. The predicted octanol–water partition coefficient (Wildman–Crippen LogP) is 2.62. The van der Waals surface area contributed by atoms with E-state index < -0.39 is 0 Å². The molecule has 0 aromatic carbocycles. The smallest absolute Gasteiger partial charge is 0.0645 e. The van der Waals surface area contributed by atoms with E-state index in [4.69, 9.17) is 0 Å². The third kappa shape index (κ3) is 1.38. The molecule has 3 nitrogen and oxygen atoms in total. The molecule has 0 fully saturated rings. The average Bonchev–Trinajstić information content (AvgIpc) is 2.74. The second-order valence-electron chi connectivity index (χ2n) is 3.38. The molecule has 3 aromatic rings. The maximum atomic E-state index is 4.08. The van der Waals surface area contributed by atoms with Crippen molar-refractivity contribution in [3.8, 4) is 11.3 Å². The summed E-state index contributed by atoms with van der Waals surface area (Å²) in [7, 11) is 0.